The normalized spacial score (nSPS) is 14.2. The molecule has 0 aromatic heterocycles. The first-order chi connectivity index (χ1) is 18.2. The zero-order valence-corrected chi connectivity index (χ0v) is 24.5. The molecule has 0 radical (unpaired) electrons. The molecule has 0 unspecified atom stereocenters. The van der Waals surface area contributed by atoms with Crippen molar-refractivity contribution in [2.24, 2.45) is 0 Å². The predicted octanol–water partition coefficient (Wildman–Crippen LogP) is 7.25. The van der Waals surface area contributed by atoms with Gasteiger partial charge in [-0.15, -0.1) is 0 Å². The van der Waals surface area contributed by atoms with Crippen LogP contribution < -0.4 is 14.8 Å². The number of para-hydroxylation sites is 1. The molecule has 0 spiro atoms. The zero-order chi connectivity index (χ0) is 27.2. The number of ether oxygens (including phenoxy) is 2. The molecule has 7 nitrogen and oxygen atoms in total. The number of nitrogens with one attached hydrogen (secondary N) is 1. The highest BCUT2D eigenvalue weighted by Gasteiger charge is 2.35. The van der Waals surface area contributed by atoms with Gasteiger partial charge in [-0.3, -0.25) is 19.3 Å². The van der Waals surface area contributed by atoms with Crippen LogP contribution in [-0.4, -0.2) is 35.2 Å². The lowest BCUT2D eigenvalue weighted by atomic mass is 10.1. The Bertz CT molecular complexity index is 1420. The van der Waals surface area contributed by atoms with Gasteiger partial charge in [0, 0.05) is 5.69 Å². The van der Waals surface area contributed by atoms with Gasteiger partial charge in [0.15, 0.2) is 18.1 Å². The Balaban J connectivity index is 1.49. The van der Waals surface area contributed by atoms with Gasteiger partial charge < -0.3 is 14.8 Å². The minimum Gasteiger partial charge on any atom is -0.490 e. The molecule has 3 aromatic carbocycles. The number of thioether (sulfide) groups is 1. The number of rotatable bonds is 9. The summed E-state index contributed by atoms with van der Waals surface area (Å²) in [5, 5.41) is 3.14. The molecule has 11 heteroatoms. The molecule has 1 aliphatic heterocycles. The summed E-state index contributed by atoms with van der Waals surface area (Å²) in [6.45, 7) is 2.07. The molecule has 1 N–H and O–H groups in total. The van der Waals surface area contributed by atoms with Crippen molar-refractivity contribution in [1.29, 1.82) is 0 Å². The van der Waals surface area contributed by atoms with Crippen molar-refractivity contribution in [2.75, 3.05) is 18.5 Å². The van der Waals surface area contributed by atoms with Gasteiger partial charge >= 0.3 is 0 Å². The lowest BCUT2D eigenvalue weighted by Crippen LogP contribution is -2.27. The van der Waals surface area contributed by atoms with Crippen LogP contribution in [0.1, 0.15) is 18.1 Å². The van der Waals surface area contributed by atoms with E-state index < -0.39 is 5.91 Å². The maximum atomic E-state index is 13.0. The second-order valence-corrected chi connectivity index (χ2v) is 11.0. The minimum absolute atomic E-state index is 0.0818. The van der Waals surface area contributed by atoms with Crippen molar-refractivity contribution in [3.05, 3.63) is 90.3 Å². The van der Waals surface area contributed by atoms with Crippen LogP contribution in [-0.2, 0) is 16.1 Å². The van der Waals surface area contributed by atoms with Gasteiger partial charge in [0.2, 0.25) is 0 Å². The first kappa shape index (κ1) is 28.3. The maximum absolute atomic E-state index is 13.0. The SMILES string of the molecule is CCOc1cc(/C=C2\SC(=O)N(Cc3ccc(Cl)c(Cl)c3)C2=O)cc(I)c1OCC(=O)Nc1ccccc1. The molecule has 0 aliphatic carbocycles. The van der Waals surface area contributed by atoms with E-state index in [9.17, 15) is 14.4 Å². The van der Waals surface area contributed by atoms with Crippen molar-refractivity contribution in [3.8, 4) is 11.5 Å². The summed E-state index contributed by atoms with van der Waals surface area (Å²) < 4.78 is 12.2. The third-order valence-electron chi connectivity index (χ3n) is 5.23. The Morgan fingerprint density at radius 1 is 1.05 bits per heavy atom. The summed E-state index contributed by atoms with van der Waals surface area (Å²) in [5.74, 6) is 0.125. The Morgan fingerprint density at radius 3 is 2.53 bits per heavy atom. The molecule has 38 heavy (non-hydrogen) atoms. The molecule has 0 atom stereocenters. The lowest BCUT2D eigenvalue weighted by Gasteiger charge is -2.15. The van der Waals surface area contributed by atoms with Gasteiger partial charge in [-0.25, -0.2) is 0 Å². The number of amides is 3. The fraction of sp³-hybridized carbons (Fsp3) is 0.148. The molecule has 0 bridgehead atoms. The smallest absolute Gasteiger partial charge is 0.293 e. The van der Waals surface area contributed by atoms with Crippen molar-refractivity contribution in [1.82, 2.24) is 4.90 Å². The topological polar surface area (TPSA) is 84.9 Å². The quantitative estimate of drug-likeness (QED) is 0.189. The third-order valence-corrected chi connectivity index (χ3v) is 7.68. The number of carbonyl (C=O) groups is 3. The largest absolute Gasteiger partial charge is 0.490 e. The average Bonchev–Trinajstić information content (AvgIpc) is 3.13. The minimum atomic E-state index is -0.406. The van der Waals surface area contributed by atoms with Crippen molar-refractivity contribution < 1.29 is 23.9 Å². The standard InChI is InChI=1S/C27H21Cl2IN2O5S/c1-2-36-22-12-17(11-21(30)25(22)37-15-24(33)31-18-6-4-3-5-7-18)13-23-26(34)32(27(35)38-23)14-16-8-9-19(28)20(29)10-16/h3-13H,2,14-15H2,1H3,(H,31,33)/b23-13-. The van der Waals surface area contributed by atoms with E-state index in [4.69, 9.17) is 32.7 Å². The van der Waals surface area contributed by atoms with Crippen molar-refractivity contribution >= 4 is 86.4 Å². The highest BCUT2D eigenvalue weighted by molar-refractivity contribution is 14.1. The van der Waals surface area contributed by atoms with E-state index >= 15 is 0 Å². The highest BCUT2D eigenvalue weighted by Crippen LogP contribution is 2.38. The molecule has 4 rings (SSSR count). The Hall–Kier alpha value is -2.73. The van der Waals surface area contributed by atoms with Gasteiger partial charge in [-0.05, 0) is 94.9 Å². The number of nitrogens with zero attached hydrogens (tertiary/aromatic N) is 1. The molecule has 3 aromatic rings. The monoisotopic (exact) mass is 682 g/mol. The second-order valence-electron chi connectivity index (χ2n) is 7.98. The molecular formula is C27H21Cl2IN2O5S. The van der Waals surface area contributed by atoms with Crippen LogP contribution >= 0.6 is 57.6 Å². The summed E-state index contributed by atoms with van der Waals surface area (Å²) >= 11 is 15.0. The second kappa shape index (κ2) is 12.9. The summed E-state index contributed by atoms with van der Waals surface area (Å²) in [4.78, 5) is 39.4. The first-order valence-corrected chi connectivity index (χ1v) is 14.0. The van der Waals surface area contributed by atoms with Crippen LogP contribution in [0.25, 0.3) is 6.08 Å². The van der Waals surface area contributed by atoms with E-state index in [1.54, 1.807) is 48.5 Å². The molecular weight excluding hydrogens is 662 g/mol. The predicted molar refractivity (Wildman–Crippen MR) is 159 cm³/mol. The number of imide groups is 1. The number of halogens is 3. The summed E-state index contributed by atoms with van der Waals surface area (Å²) in [5.41, 5.74) is 2.01. The van der Waals surface area contributed by atoms with Gasteiger partial charge in [-0.2, -0.15) is 0 Å². The molecule has 1 aliphatic rings. The Labute approximate surface area is 247 Å². The fourth-order valence-corrected chi connectivity index (χ4v) is 5.48. The third kappa shape index (κ3) is 7.02. The maximum Gasteiger partial charge on any atom is 0.293 e. The molecule has 1 fully saturated rings. The van der Waals surface area contributed by atoms with E-state index in [0.29, 0.717) is 48.5 Å². The van der Waals surface area contributed by atoms with E-state index in [0.717, 1.165) is 16.7 Å². The van der Waals surface area contributed by atoms with Crippen LogP contribution in [0.15, 0.2) is 65.6 Å². The molecule has 0 saturated carbocycles. The van der Waals surface area contributed by atoms with Crippen LogP contribution in [0, 0.1) is 3.57 Å². The van der Waals surface area contributed by atoms with Crippen molar-refractivity contribution in [3.63, 3.8) is 0 Å². The molecule has 1 saturated heterocycles. The Kier molecular flexibility index (Phi) is 9.59. The highest BCUT2D eigenvalue weighted by atomic mass is 127. The number of hydrogen-bond acceptors (Lipinski definition) is 6. The fourth-order valence-electron chi connectivity index (χ4n) is 3.54. The van der Waals surface area contributed by atoms with Gasteiger partial charge in [-0.1, -0.05) is 47.5 Å². The zero-order valence-electron chi connectivity index (χ0n) is 20.0. The van der Waals surface area contributed by atoms with Gasteiger partial charge in [0.05, 0.1) is 31.7 Å². The number of benzene rings is 3. The molecule has 1 heterocycles. The van der Waals surface area contributed by atoms with Crippen molar-refractivity contribution in [2.45, 2.75) is 13.5 Å². The number of anilines is 1. The summed E-state index contributed by atoms with van der Waals surface area (Å²) in [6, 6.07) is 17.6. The molecule has 3 amide bonds. The molecule has 196 valence electrons. The summed E-state index contributed by atoms with van der Waals surface area (Å²) in [7, 11) is 0. The van der Waals surface area contributed by atoms with Crippen LogP contribution in [0.4, 0.5) is 10.5 Å². The van der Waals surface area contributed by atoms with Gasteiger partial charge in [0.1, 0.15) is 0 Å². The number of hydrogen-bond donors (Lipinski definition) is 1. The van der Waals surface area contributed by atoms with Crippen LogP contribution in [0.5, 0.6) is 11.5 Å². The first-order valence-electron chi connectivity index (χ1n) is 11.4. The van der Waals surface area contributed by atoms with E-state index in [1.165, 1.54) is 0 Å². The summed E-state index contributed by atoms with van der Waals surface area (Å²) in [6.07, 6.45) is 1.64. The van der Waals surface area contributed by atoms with E-state index in [-0.39, 0.29) is 29.2 Å². The van der Waals surface area contributed by atoms with Crippen LogP contribution in [0.3, 0.4) is 0 Å². The average molecular weight is 683 g/mol. The number of carbonyl (C=O) groups excluding carboxylic acids is 3. The van der Waals surface area contributed by atoms with E-state index in [1.807, 2.05) is 25.1 Å². The van der Waals surface area contributed by atoms with E-state index in [2.05, 4.69) is 27.9 Å². The van der Waals surface area contributed by atoms with Gasteiger partial charge in [0.25, 0.3) is 17.1 Å². The Morgan fingerprint density at radius 2 is 1.82 bits per heavy atom. The lowest BCUT2D eigenvalue weighted by molar-refractivity contribution is -0.123. The van der Waals surface area contributed by atoms with Crippen LogP contribution in [0.2, 0.25) is 10.0 Å².